The Balaban J connectivity index is 1.93. The van der Waals surface area contributed by atoms with Crippen LogP contribution in [0.4, 0.5) is 5.69 Å². The maximum atomic E-state index is 12.8. The molecule has 1 heterocycles. The molecule has 2 amide bonds. The minimum Gasteiger partial charge on any atom is -0.370 e. The molecular formula is C19H18ClN3O2S. The van der Waals surface area contributed by atoms with Crippen LogP contribution in [0.15, 0.2) is 53.5 Å². The Morgan fingerprint density at radius 1 is 1.23 bits per heavy atom. The van der Waals surface area contributed by atoms with Gasteiger partial charge in [-0.2, -0.15) is 0 Å². The molecule has 5 nitrogen and oxygen atoms in total. The first-order chi connectivity index (χ1) is 12.4. The van der Waals surface area contributed by atoms with Gasteiger partial charge in [0.05, 0.1) is 12.2 Å². The van der Waals surface area contributed by atoms with Gasteiger partial charge < -0.3 is 5.73 Å². The van der Waals surface area contributed by atoms with Crippen LogP contribution in [-0.2, 0) is 16.1 Å². The number of aliphatic imine (C=N–C) groups is 1. The lowest BCUT2D eigenvalue weighted by atomic mass is 10.2. The topological polar surface area (TPSA) is 75.8 Å². The summed E-state index contributed by atoms with van der Waals surface area (Å²) in [7, 11) is 0. The summed E-state index contributed by atoms with van der Waals surface area (Å²) in [6.45, 7) is 2.29. The average molecular weight is 388 g/mol. The molecule has 134 valence electrons. The third-order valence-electron chi connectivity index (χ3n) is 3.95. The van der Waals surface area contributed by atoms with Crippen molar-refractivity contribution < 1.29 is 9.59 Å². The molecule has 7 heteroatoms. The summed E-state index contributed by atoms with van der Waals surface area (Å²) in [4.78, 5) is 30.3. The van der Waals surface area contributed by atoms with Gasteiger partial charge in [0.25, 0.3) is 0 Å². The van der Waals surface area contributed by atoms with Crippen molar-refractivity contribution in [3.63, 3.8) is 0 Å². The van der Waals surface area contributed by atoms with E-state index in [-0.39, 0.29) is 12.3 Å². The SMILES string of the molecule is Cc1ccc(N=C2SC(CC(N)=O)C(=O)N2Cc2ccccc2Cl)cc1. The van der Waals surface area contributed by atoms with Gasteiger partial charge in [-0.1, -0.05) is 59.3 Å². The van der Waals surface area contributed by atoms with Crippen molar-refractivity contribution in [2.75, 3.05) is 0 Å². The third-order valence-corrected chi connectivity index (χ3v) is 5.50. The molecule has 1 unspecified atom stereocenters. The number of aryl methyl sites for hydroxylation is 1. The molecule has 0 saturated carbocycles. The summed E-state index contributed by atoms with van der Waals surface area (Å²) < 4.78 is 0. The van der Waals surface area contributed by atoms with E-state index in [1.165, 1.54) is 11.8 Å². The van der Waals surface area contributed by atoms with Gasteiger partial charge in [-0.25, -0.2) is 4.99 Å². The number of nitrogens with zero attached hydrogens (tertiary/aromatic N) is 2. The number of carbonyl (C=O) groups is 2. The van der Waals surface area contributed by atoms with Gasteiger partial charge in [0, 0.05) is 11.4 Å². The number of hydrogen-bond acceptors (Lipinski definition) is 4. The normalized spacial score (nSPS) is 18.5. The van der Waals surface area contributed by atoms with Crippen LogP contribution < -0.4 is 5.73 Å². The lowest BCUT2D eigenvalue weighted by molar-refractivity contribution is -0.128. The van der Waals surface area contributed by atoms with Gasteiger partial charge in [-0.3, -0.25) is 14.5 Å². The summed E-state index contributed by atoms with van der Waals surface area (Å²) in [6.07, 6.45) is -0.0184. The molecule has 0 aromatic heterocycles. The molecule has 26 heavy (non-hydrogen) atoms. The van der Waals surface area contributed by atoms with Crippen LogP contribution in [-0.4, -0.2) is 27.1 Å². The van der Waals surface area contributed by atoms with Crippen LogP contribution in [0.5, 0.6) is 0 Å². The van der Waals surface area contributed by atoms with Crippen molar-refractivity contribution in [1.82, 2.24) is 4.90 Å². The van der Waals surface area contributed by atoms with Crippen molar-refractivity contribution in [3.05, 3.63) is 64.7 Å². The highest BCUT2D eigenvalue weighted by Crippen LogP contribution is 2.33. The van der Waals surface area contributed by atoms with Gasteiger partial charge in [-0.15, -0.1) is 0 Å². The Labute approximate surface area is 161 Å². The molecule has 1 saturated heterocycles. The maximum Gasteiger partial charge on any atom is 0.242 e. The van der Waals surface area contributed by atoms with E-state index < -0.39 is 11.2 Å². The fourth-order valence-electron chi connectivity index (χ4n) is 2.58. The van der Waals surface area contributed by atoms with Gasteiger partial charge in [0.1, 0.15) is 5.25 Å². The second-order valence-electron chi connectivity index (χ2n) is 6.02. The molecule has 0 radical (unpaired) electrons. The van der Waals surface area contributed by atoms with Crippen molar-refractivity contribution in [3.8, 4) is 0 Å². The van der Waals surface area contributed by atoms with Gasteiger partial charge in [0.2, 0.25) is 11.8 Å². The van der Waals surface area contributed by atoms with Crippen LogP contribution >= 0.6 is 23.4 Å². The minimum atomic E-state index is -0.556. The summed E-state index contributed by atoms with van der Waals surface area (Å²) in [6, 6.07) is 15.1. The fourth-order valence-corrected chi connectivity index (χ4v) is 3.95. The van der Waals surface area contributed by atoms with E-state index in [1.807, 2.05) is 49.4 Å². The first kappa shape index (κ1) is 18.5. The number of amidine groups is 1. The summed E-state index contributed by atoms with van der Waals surface area (Å²) in [5.41, 5.74) is 7.98. The van der Waals surface area contributed by atoms with Crippen LogP contribution in [0, 0.1) is 6.92 Å². The molecule has 1 atom stereocenters. The van der Waals surface area contributed by atoms with Gasteiger partial charge >= 0.3 is 0 Å². The highest BCUT2D eigenvalue weighted by molar-refractivity contribution is 8.15. The number of benzene rings is 2. The summed E-state index contributed by atoms with van der Waals surface area (Å²) in [5, 5.41) is 0.572. The van der Waals surface area contributed by atoms with E-state index in [4.69, 9.17) is 17.3 Å². The predicted octanol–water partition coefficient (Wildman–Crippen LogP) is 3.66. The zero-order chi connectivity index (χ0) is 18.7. The van der Waals surface area contributed by atoms with E-state index in [0.29, 0.717) is 16.7 Å². The number of hydrogen-bond donors (Lipinski definition) is 1. The number of halogens is 1. The number of primary amides is 1. The molecule has 1 aliphatic rings. The third kappa shape index (κ3) is 4.26. The molecule has 1 aliphatic heterocycles. The number of nitrogens with two attached hydrogens (primary N) is 1. The molecule has 0 bridgehead atoms. The summed E-state index contributed by atoms with van der Waals surface area (Å²) in [5.74, 6) is -0.690. The fraction of sp³-hybridized carbons (Fsp3) is 0.211. The lowest BCUT2D eigenvalue weighted by Crippen LogP contribution is -2.33. The number of amides is 2. The number of rotatable bonds is 5. The smallest absolute Gasteiger partial charge is 0.242 e. The highest BCUT2D eigenvalue weighted by Gasteiger charge is 2.39. The Hall–Kier alpha value is -2.31. The van der Waals surface area contributed by atoms with E-state index in [1.54, 1.807) is 11.0 Å². The van der Waals surface area contributed by atoms with E-state index in [2.05, 4.69) is 4.99 Å². The molecule has 0 spiro atoms. The van der Waals surface area contributed by atoms with E-state index in [9.17, 15) is 9.59 Å². The molecule has 3 rings (SSSR count). The number of carbonyl (C=O) groups excluding carboxylic acids is 2. The predicted molar refractivity (Wildman–Crippen MR) is 105 cm³/mol. The van der Waals surface area contributed by atoms with Crippen molar-refractivity contribution in [2.45, 2.75) is 25.1 Å². The van der Waals surface area contributed by atoms with E-state index in [0.717, 1.165) is 16.8 Å². The van der Waals surface area contributed by atoms with Crippen LogP contribution in [0.3, 0.4) is 0 Å². The first-order valence-electron chi connectivity index (χ1n) is 8.09. The monoisotopic (exact) mass is 387 g/mol. The quantitative estimate of drug-likeness (QED) is 0.850. The molecule has 0 aliphatic carbocycles. The molecule has 1 fully saturated rings. The Kier molecular flexibility index (Phi) is 5.64. The highest BCUT2D eigenvalue weighted by atomic mass is 35.5. The molecule has 2 N–H and O–H groups in total. The zero-order valence-electron chi connectivity index (χ0n) is 14.2. The standard InChI is InChI=1S/C19H18ClN3O2S/c1-12-6-8-14(9-7-12)22-19-23(11-13-4-2-3-5-15(13)20)18(25)16(26-19)10-17(21)24/h2-9,16H,10-11H2,1H3,(H2,21,24). The number of thioether (sulfide) groups is 1. The van der Waals surface area contributed by atoms with Gasteiger partial charge in [0.15, 0.2) is 5.17 Å². The molecule has 2 aromatic carbocycles. The van der Waals surface area contributed by atoms with Crippen LogP contribution in [0.25, 0.3) is 0 Å². The van der Waals surface area contributed by atoms with Crippen molar-refractivity contribution in [2.24, 2.45) is 10.7 Å². The largest absolute Gasteiger partial charge is 0.370 e. The Morgan fingerprint density at radius 3 is 2.58 bits per heavy atom. The van der Waals surface area contributed by atoms with Crippen LogP contribution in [0.1, 0.15) is 17.5 Å². The summed E-state index contributed by atoms with van der Waals surface area (Å²) >= 11 is 7.50. The van der Waals surface area contributed by atoms with E-state index >= 15 is 0 Å². The zero-order valence-corrected chi connectivity index (χ0v) is 15.8. The molecule has 2 aromatic rings. The minimum absolute atomic E-state index is 0.0184. The second-order valence-corrected chi connectivity index (χ2v) is 7.60. The lowest BCUT2D eigenvalue weighted by Gasteiger charge is -2.17. The maximum absolute atomic E-state index is 12.8. The molecular weight excluding hydrogens is 370 g/mol. The van der Waals surface area contributed by atoms with Crippen molar-refractivity contribution in [1.29, 1.82) is 0 Å². The van der Waals surface area contributed by atoms with Gasteiger partial charge in [-0.05, 0) is 30.7 Å². The average Bonchev–Trinajstić information content (AvgIpc) is 2.87. The Bertz CT molecular complexity index is 867. The van der Waals surface area contributed by atoms with Crippen LogP contribution in [0.2, 0.25) is 5.02 Å². The van der Waals surface area contributed by atoms with Crippen molar-refractivity contribution >= 4 is 46.0 Å². The first-order valence-corrected chi connectivity index (χ1v) is 9.35. The Morgan fingerprint density at radius 2 is 1.92 bits per heavy atom. The second kappa shape index (κ2) is 7.93.